The largest absolute Gasteiger partial charge is 0.326 e. The van der Waals surface area contributed by atoms with Gasteiger partial charge in [-0.3, -0.25) is 53.6 Å². The number of allylic oxidation sites excluding steroid dienone is 1. The van der Waals surface area contributed by atoms with Crippen LogP contribution in [0.1, 0.15) is 78.7 Å². The number of ketones is 2. The summed E-state index contributed by atoms with van der Waals surface area (Å²) in [5.74, 6) is -5.13. The molecule has 230 valence electrons. The first-order valence-electron chi connectivity index (χ1n) is 14.4. The molecule has 1 aromatic heterocycles. The van der Waals surface area contributed by atoms with Gasteiger partial charge in [-0.2, -0.15) is 0 Å². The summed E-state index contributed by atoms with van der Waals surface area (Å²) < 4.78 is 0. The average Bonchev–Trinajstić information content (AvgIpc) is 3.30. The van der Waals surface area contributed by atoms with Crippen molar-refractivity contribution in [1.82, 2.24) is 20.5 Å². The number of benzene rings is 2. The molecule has 1 atom stereocenters. The van der Waals surface area contributed by atoms with Crippen LogP contribution in [-0.4, -0.2) is 62.9 Å². The molecule has 0 bridgehead atoms. The predicted octanol–water partition coefficient (Wildman–Crippen LogP) is 2.06. The normalized spacial score (nSPS) is 19.5. The Morgan fingerprint density at radius 2 is 1.59 bits per heavy atom. The van der Waals surface area contributed by atoms with Gasteiger partial charge in [0.2, 0.25) is 11.8 Å². The Bertz CT molecular complexity index is 1860. The number of imide groups is 2. The summed E-state index contributed by atoms with van der Waals surface area (Å²) in [6.45, 7) is 0. The van der Waals surface area contributed by atoms with Gasteiger partial charge < -0.3 is 10.6 Å². The van der Waals surface area contributed by atoms with Gasteiger partial charge in [0.1, 0.15) is 11.7 Å². The van der Waals surface area contributed by atoms with Crippen molar-refractivity contribution in [3.63, 3.8) is 0 Å². The fourth-order valence-corrected chi connectivity index (χ4v) is 5.70. The van der Waals surface area contributed by atoms with E-state index in [9.17, 15) is 38.4 Å². The van der Waals surface area contributed by atoms with Crippen LogP contribution in [0, 0.1) is 0 Å². The van der Waals surface area contributed by atoms with Crippen LogP contribution in [0.15, 0.2) is 78.6 Å². The number of pyridine rings is 1. The Kier molecular flexibility index (Phi) is 7.88. The molecule has 3 aromatic rings. The molecule has 2 fully saturated rings. The highest BCUT2D eigenvalue weighted by Crippen LogP contribution is 2.33. The smallest absolute Gasteiger partial charge is 0.273 e. The van der Waals surface area contributed by atoms with E-state index in [4.69, 9.17) is 0 Å². The third-order valence-electron chi connectivity index (χ3n) is 8.06. The van der Waals surface area contributed by atoms with Gasteiger partial charge in [-0.1, -0.05) is 36.4 Å². The molecule has 3 N–H and O–H groups in total. The van der Waals surface area contributed by atoms with Crippen LogP contribution in [0.3, 0.4) is 0 Å². The lowest BCUT2D eigenvalue weighted by Crippen LogP contribution is -2.54. The van der Waals surface area contributed by atoms with E-state index in [2.05, 4.69) is 20.9 Å². The monoisotopic (exact) mass is 619 g/mol. The lowest BCUT2D eigenvalue weighted by Gasteiger charge is -2.27. The zero-order valence-electron chi connectivity index (χ0n) is 24.1. The van der Waals surface area contributed by atoms with Crippen LogP contribution in [0.4, 0.5) is 5.69 Å². The number of piperidine rings is 1. The Morgan fingerprint density at radius 1 is 0.848 bits per heavy atom. The molecule has 6 rings (SSSR count). The Hall–Kier alpha value is -6.11. The third-order valence-corrected chi connectivity index (χ3v) is 8.06. The molecule has 3 aliphatic rings. The summed E-state index contributed by atoms with van der Waals surface area (Å²) in [6.07, 6.45) is 2.45. The molecule has 1 saturated heterocycles. The van der Waals surface area contributed by atoms with E-state index in [1.165, 1.54) is 30.3 Å². The zero-order chi connectivity index (χ0) is 32.5. The maximum atomic E-state index is 13.3. The van der Waals surface area contributed by atoms with Crippen molar-refractivity contribution in [2.45, 2.75) is 37.6 Å². The quantitative estimate of drug-likeness (QED) is 0.211. The molecule has 3 heterocycles. The van der Waals surface area contributed by atoms with Crippen molar-refractivity contribution in [2.75, 3.05) is 5.32 Å². The molecule has 13 heteroatoms. The lowest BCUT2D eigenvalue weighted by atomic mass is 9.80. The highest BCUT2D eigenvalue weighted by molar-refractivity contribution is 6.26. The molecule has 1 aliphatic carbocycles. The van der Waals surface area contributed by atoms with Gasteiger partial charge in [-0.25, -0.2) is 0 Å². The second-order valence-electron chi connectivity index (χ2n) is 11.0. The predicted molar refractivity (Wildman–Crippen MR) is 159 cm³/mol. The number of amides is 6. The molecule has 2 aromatic carbocycles. The molecule has 13 nitrogen and oxygen atoms in total. The first kappa shape index (κ1) is 29.9. The summed E-state index contributed by atoms with van der Waals surface area (Å²) >= 11 is 0. The molecular formula is C33H25N5O8. The van der Waals surface area contributed by atoms with Gasteiger partial charge in [-0.05, 0) is 42.2 Å². The molecule has 0 spiro atoms. The van der Waals surface area contributed by atoms with Crippen LogP contribution in [0.5, 0.6) is 0 Å². The van der Waals surface area contributed by atoms with Crippen LogP contribution in [-0.2, 0) is 19.2 Å². The molecule has 2 aliphatic heterocycles. The van der Waals surface area contributed by atoms with Crippen LogP contribution in [0.2, 0.25) is 0 Å². The van der Waals surface area contributed by atoms with E-state index in [0.717, 1.165) is 22.9 Å². The topological polar surface area (TPSA) is 189 Å². The minimum atomic E-state index is -1.16. The molecule has 1 unspecified atom stereocenters. The molecule has 46 heavy (non-hydrogen) atoms. The van der Waals surface area contributed by atoms with Gasteiger partial charge >= 0.3 is 0 Å². The van der Waals surface area contributed by atoms with E-state index in [-0.39, 0.29) is 76.8 Å². The minimum Gasteiger partial charge on any atom is -0.326 e. The van der Waals surface area contributed by atoms with E-state index in [1.807, 2.05) is 30.3 Å². The summed E-state index contributed by atoms with van der Waals surface area (Å²) in [5, 5.41) is 7.12. The van der Waals surface area contributed by atoms with E-state index in [0.29, 0.717) is 0 Å². The number of carbonyl (C=O) groups excluding carboxylic acids is 8. The van der Waals surface area contributed by atoms with E-state index in [1.54, 1.807) is 0 Å². The van der Waals surface area contributed by atoms with E-state index < -0.39 is 41.5 Å². The van der Waals surface area contributed by atoms with Gasteiger partial charge in [0, 0.05) is 31.7 Å². The highest BCUT2D eigenvalue weighted by Gasteiger charge is 2.45. The number of hydrogen-bond donors (Lipinski definition) is 3. The number of Topliss-reactive ketones (excluding diaryl/α,β-unsaturated/α-hetero) is 2. The van der Waals surface area contributed by atoms with Crippen LogP contribution in [0.25, 0.3) is 0 Å². The molecule has 1 saturated carbocycles. The van der Waals surface area contributed by atoms with Gasteiger partial charge in [-0.15, -0.1) is 0 Å². The van der Waals surface area contributed by atoms with Crippen LogP contribution < -0.4 is 16.0 Å². The Balaban J connectivity index is 1.11. The van der Waals surface area contributed by atoms with Gasteiger partial charge in [0.15, 0.2) is 11.6 Å². The number of anilines is 1. The van der Waals surface area contributed by atoms with Crippen LogP contribution >= 0.6 is 0 Å². The maximum absolute atomic E-state index is 13.3. The summed E-state index contributed by atoms with van der Waals surface area (Å²) in [5.41, 5.74) is 0.660. The van der Waals surface area contributed by atoms with Crippen molar-refractivity contribution < 1.29 is 38.4 Å². The second-order valence-corrected chi connectivity index (χ2v) is 11.0. The first-order chi connectivity index (χ1) is 22.1. The number of carbonyl (C=O) groups is 8. The Morgan fingerprint density at radius 3 is 2.26 bits per heavy atom. The average molecular weight is 620 g/mol. The number of aromatic nitrogens is 1. The number of nitrogens with one attached hydrogen (secondary N) is 3. The third kappa shape index (κ3) is 5.61. The zero-order valence-corrected chi connectivity index (χ0v) is 24.1. The van der Waals surface area contributed by atoms with Crippen molar-refractivity contribution in [1.29, 1.82) is 0 Å². The number of rotatable bonds is 6. The van der Waals surface area contributed by atoms with E-state index >= 15 is 0 Å². The second kappa shape index (κ2) is 12.1. The number of fused-ring (bicyclic) bond motifs is 1. The molecule has 0 radical (unpaired) electrons. The first-order valence-corrected chi connectivity index (χ1v) is 14.4. The summed E-state index contributed by atoms with van der Waals surface area (Å²) in [6, 6.07) is 15.0. The standard InChI is InChI=1S/C33H25N5O8/c39-25-13-19(17-5-2-1-3-6-17)14-26(40)21(25)16-35-30(43)23-10-9-18(15-34-23)29(42)36-22-8-4-7-20-28(22)33(46)38(32(20)45)24-11-12-27(41)37-31(24)44/h1-10,15-16,19,24H,11-14H2,(H,35,43)(H,36,42)(H,37,41,44). The molecular weight excluding hydrogens is 594 g/mol. The maximum Gasteiger partial charge on any atom is 0.273 e. The Labute approximate surface area is 261 Å². The number of nitrogens with zero attached hydrogens (tertiary/aromatic N) is 2. The fraction of sp³-hybridized carbons (Fsp3) is 0.182. The molecule has 6 amide bonds. The summed E-state index contributed by atoms with van der Waals surface area (Å²) in [7, 11) is 0. The number of hydrogen-bond acceptors (Lipinski definition) is 9. The minimum absolute atomic E-state index is 0.00252. The van der Waals surface area contributed by atoms with Crippen molar-refractivity contribution in [3.8, 4) is 0 Å². The van der Waals surface area contributed by atoms with Crippen molar-refractivity contribution in [2.24, 2.45) is 0 Å². The van der Waals surface area contributed by atoms with Crippen molar-refractivity contribution in [3.05, 3.63) is 107 Å². The lowest BCUT2D eigenvalue weighted by molar-refractivity contribution is -0.136. The SMILES string of the molecule is O=C1CCC(N2C(=O)c3cccc(NC(=O)c4ccc(C(=O)NC=C5C(=O)CC(c6ccccc6)CC5=O)nc4)c3C2=O)C(=O)N1. The van der Waals surface area contributed by atoms with Gasteiger partial charge in [0.25, 0.3) is 23.6 Å². The van der Waals surface area contributed by atoms with Gasteiger partial charge in [0.05, 0.1) is 28.0 Å². The fourth-order valence-electron chi connectivity index (χ4n) is 5.70. The van der Waals surface area contributed by atoms with Crippen molar-refractivity contribution >= 4 is 52.7 Å². The summed E-state index contributed by atoms with van der Waals surface area (Å²) in [4.78, 5) is 106. The highest BCUT2D eigenvalue weighted by atomic mass is 16.2.